The topological polar surface area (TPSA) is 111 Å². The van der Waals surface area contributed by atoms with Crippen LogP contribution in [0.2, 0.25) is 0 Å². The Hall–Kier alpha value is -3.88. The molecule has 3 N–H and O–H groups in total. The first-order chi connectivity index (χ1) is 14.4. The third-order valence-electron chi connectivity index (χ3n) is 5.26. The first-order valence-corrected chi connectivity index (χ1v) is 9.13. The van der Waals surface area contributed by atoms with Gasteiger partial charge in [-0.25, -0.2) is 4.79 Å². The first kappa shape index (κ1) is 19.4. The maximum Gasteiger partial charge on any atom is 0.322 e. The van der Waals surface area contributed by atoms with Crippen LogP contribution < -0.4 is 24.8 Å². The Labute approximate surface area is 172 Å². The van der Waals surface area contributed by atoms with E-state index in [0.29, 0.717) is 28.2 Å². The summed E-state index contributed by atoms with van der Waals surface area (Å²) in [4.78, 5) is 25.0. The molecule has 1 fully saturated rings. The summed E-state index contributed by atoms with van der Waals surface area (Å²) >= 11 is 0. The van der Waals surface area contributed by atoms with Crippen LogP contribution >= 0.6 is 0 Å². The summed E-state index contributed by atoms with van der Waals surface area (Å²) in [6, 6.07) is 9.63. The van der Waals surface area contributed by atoms with E-state index in [9.17, 15) is 14.7 Å². The van der Waals surface area contributed by atoms with Crippen LogP contribution in [0.3, 0.4) is 0 Å². The van der Waals surface area contributed by atoms with Crippen molar-refractivity contribution in [1.82, 2.24) is 15.2 Å². The zero-order valence-corrected chi connectivity index (χ0v) is 16.7. The lowest BCUT2D eigenvalue weighted by Gasteiger charge is -2.28. The summed E-state index contributed by atoms with van der Waals surface area (Å²) in [6.07, 6.45) is 1.71. The summed E-state index contributed by atoms with van der Waals surface area (Å²) < 4.78 is 17.4. The van der Waals surface area contributed by atoms with E-state index in [2.05, 4.69) is 10.6 Å². The maximum atomic E-state index is 12.9. The lowest BCUT2D eigenvalue weighted by atomic mass is 9.89. The summed E-state index contributed by atoms with van der Waals surface area (Å²) in [6.45, 7) is -0.0519. The number of imide groups is 1. The molecule has 0 radical (unpaired) electrons. The molecule has 0 bridgehead atoms. The molecular formula is C21H21N3O6. The number of methoxy groups -OCH3 is 3. The van der Waals surface area contributed by atoms with Gasteiger partial charge in [-0.3, -0.25) is 10.1 Å². The second-order valence-corrected chi connectivity index (χ2v) is 6.95. The third kappa shape index (κ3) is 3.04. The van der Waals surface area contributed by atoms with Crippen molar-refractivity contribution in [2.45, 2.75) is 12.1 Å². The normalized spacial score (nSPS) is 18.2. The average molecular weight is 411 g/mol. The van der Waals surface area contributed by atoms with Crippen molar-refractivity contribution in [2.75, 3.05) is 21.3 Å². The van der Waals surface area contributed by atoms with Crippen molar-refractivity contribution in [2.24, 2.45) is 0 Å². The molecule has 30 heavy (non-hydrogen) atoms. The molecule has 156 valence electrons. The minimum Gasteiger partial charge on any atom is -0.497 e. The third-order valence-corrected chi connectivity index (χ3v) is 5.26. The second-order valence-electron chi connectivity index (χ2n) is 6.95. The van der Waals surface area contributed by atoms with Gasteiger partial charge in [0.15, 0.2) is 11.4 Å². The number of urea groups is 1. The molecule has 1 unspecified atom stereocenters. The number of benzene rings is 2. The van der Waals surface area contributed by atoms with Crippen molar-refractivity contribution in [1.29, 1.82) is 0 Å². The van der Waals surface area contributed by atoms with E-state index in [4.69, 9.17) is 14.2 Å². The maximum absolute atomic E-state index is 12.9. The summed E-state index contributed by atoms with van der Waals surface area (Å²) in [5.41, 5.74) is -1.02. The van der Waals surface area contributed by atoms with Gasteiger partial charge in [0.25, 0.3) is 5.91 Å². The standard InChI is InChI=1S/C21H21N3O6/c1-28-14-5-4-12-10-24(18(25)17(12)9-14)11-21(19(26)22-20(27)23-21)13-6-15(29-2)8-16(7-13)30-3/h4-10,25H,11H2,1-3H3,(H2,22,23,26,27). The van der Waals surface area contributed by atoms with Gasteiger partial charge in [0.1, 0.15) is 17.2 Å². The number of nitrogens with zero attached hydrogens (tertiary/aromatic N) is 1. The van der Waals surface area contributed by atoms with Gasteiger partial charge in [-0.15, -0.1) is 0 Å². The average Bonchev–Trinajstić information content (AvgIpc) is 3.22. The van der Waals surface area contributed by atoms with E-state index in [1.54, 1.807) is 49.7 Å². The molecule has 0 saturated carbocycles. The van der Waals surface area contributed by atoms with Crippen molar-refractivity contribution >= 4 is 22.7 Å². The molecule has 9 nitrogen and oxygen atoms in total. The Morgan fingerprint density at radius 1 is 0.967 bits per heavy atom. The molecule has 1 aliphatic heterocycles. The number of aromatic nitrogens is 1. The SMILES string of the molecule is COc1cc(OC)cc(C2(Cn3cc4ccc(OC)cc4c3O)NC(=O)NC2=O)c1. The molecule has 4 rings (SSSR count). The number of amides is 3. The van der Waals surface area contributed by atoms with Gasteiger partial charge in [0, 0.05) is 23.0 Å². The van der Waals surface area contributed by atoms with Gasteiger partial charge in [-0.05, 0) is 35.9 Å². The Bertz CT molecular complexity index is 1130. The van der Waals surface area contributed by atoms with Crippen molar-refractivity contribution in [3.8, 4) is 23.1 Å². The number of fused-ring (bicyclic) bond motifs is 1. The van der Waals surface area contributed by atoms with Crippen molar-refractivity contribution in [3.05, 3.63) is 48.2 Å². The highest BCUT2D eigenvalue weighted by molar-refractivity contribution is 6.07. The molecule has 2 heterocycles. The Kier molecular flexibility index (Phi) is 4.65. The molecule has 0 spiro atoms. The number of rotatable bonds is 6. The van der Waals surface area contributed by atoms with Gasteiger partial charge in [-0.1, -0.05) is 0 Å². The molecule has 1 atom stereocenters. The highest BCUT2D eigenvalue weighted by atomic mass is 16.5. The van der Waals surface area contributed by atoms with Crippen LogP contribution in [-0.4, -0.2) is 42.9 Å². The van der Waals surface area contributed by atoms with E-state index >= 15 is 0 Å². The number of aromatic hydroxyl groups is 1. The van der Waals surface area contributed by atoms with Gasteiger partial charge in [0.05, 0.1) is 27.9 Å². The Morgan fingerprint density at radius 2 is 1.63 bits per heavy atom. The molecule has 3 amide bonds. The van der Waals surface area contributed by atoms with Crippen LogP contribution in [0.5, 0.6) is 23.1 Å². The van der Waals surface area contributed by atoms with Crippen LogP contribution in [0.4, 0.5) is 4.79 Å². The first-order valence-electron chi connectivity index (χ1n) is 9.13. The van der Waals surface area contributed by atoms with Crippen molar-refractivity contribution in [3.63, 3.8) is 0 Å². The quantitative estimate of drug-likeness (QED) is 0.536. The zero-order valence-electron chi connectivity index (χ0n) is 16.7. The van der Waals surface area contributed by atoms with E-state index in [1.165, 1.54) is 18.8 Å². The van der Waals surface area contributed by atoms with Gasteiger partial charge < -0.3 is 29.2 Å². The van der Waals surface area contributed by atoms with Crippen LogP contribution in [0.1, 0.15) is 5.56 Å². The van der Waals surface area contributed by atoms with E-state index in [-0.39, 0.29) is 12.4 Å². The Balaban J connectivity index is 1.86. The second kappa shape index (κ2) is 7.18. The minimum atomic E-state index is -1.48. The number of nitrogens with one attached hydrogen (secondary N) is 2. The molecule has 1 aromatic heterocycles. The van der Waals surface area contributed by atoms with Gasteiger partial charge in [-0.2, -0.15) is 0 Å². The lowest BCUT2D eigenvalue weighted by Crippen LogP contribution is -2.47. The minimum absolute atomic E-state index is 0.0490. The fourth-order valence-electron chi connectivity index (χ4n) is 3.68. The van der Waals surface area contributed by atoms with Crippen LogP contribution in [0.25, 0.3) is 10.8 Å². The number of carbonyl (C=O) groups excluding carboxylic acids is 2. The highest BCUT2D eigenvalue weighted by Gasteiger charge is 2.49. The zero-order chi connectivity index (χ0) is 21.5. The molecule has 1 aliphatic rings. The smallest absolute Gasteiger partial charge is 0.322 e. The summed E-state index contributed by atoms with van der Waals surface area (Å²) in [5, 5.41) is 17.1. The highest BCUT2D eigenvalue weighted by Crippen LogP contribution is 2.37. The molecule has 1 saturated heterocycles. The predicted molar refractivity (Wildman–Crippen MR) is 108 cm³/mol. The fraction of sp³-hybridized carbons (Fsp3) is 0.238. The van der Waals surface area contributed by atoms with E-state index in [0.717, 1.165) is 5.39 Å². The van der Waals surface area contributed by atoms with Crippen molar-refractivity contribution < 1.29 is 28.9 Å². The number of hydrogen-bond donors (Lipinski definition) is 3. The monoisotopic (exact) mass is 411 g/mol. The lowest BCUT2D eigenvalue weighted by molar-refractivity contribution is -0.124. The summed E-state index contributed by atoms with van der Waals surface area (Å²) in [5.74, 6) is 0.924. The van der Waals surface area contributed by atoms with Gasteiger partial charge >= 0.3 is 6.03 Å². The molecular weight excluding hydrogens is 390 g/mol. The Morgan fingerprint density at radius 3 is 2.20 bits per heavy atom. The molecule has 2 aromatic carbocycles. The van der Waals surface area contributed by atoms with Gasteiger partial charge in [0.2, 0.25) is 0 Å². The summed E-state index contributed by atoms with van der Waals surface area (Å²) in [7, 11) is 4.53. The largest absolute Gasteiger partial charge is 0.497 e. The number of ether oxygens (including phenoxy) is 3. The molecule has 9 heteroatoms. The van der Waals surface area contributed by atoms with E-state index < -0.39 is 17.5 Å². The van der Waals surface area contributed by atoms with Crippen LogP contribution in [0, 0.1) is 0 Å². The predicted octanol–water partition coefficient (Wildman–Crippen LogP) is 2.11. The van der Waals surface area contributed by atoms with Crippen LogP contribution in [0.15, 0.2) is 42.6 Å². The number of hydrogen-bond acceptors (Lipinski definition) is 6. The molecule has 0 aliphatic carbocycles. The molecule has 3 aromatic rings. The van der Waals surface area contributed by atoms with Crippen LogP contribution in [-0.2, 0) is 16.9 Å². The van der Waals surface area contributed by atoms with E-state index in [1.807, 2.05) is 0 Å². The number of carbonyl (C=O) groups is 2. The fourth-order valence-corrected chi connectivity index (χ4v) is 3.68.